The van der Waals surface area contributed by atoms with Crippen molar-refractivity contribution in [3.8, 4) is 11.1 Å². The molecule has 0 aliphatic carbocycles. The monoisotopic (exact) mass is 730 g/mol. The molecular weight excluding hydrogens is 692 g/mol. The number of anilines is 6. The average Bonchev–Trinajstić information content (AvgIpc) is 3.04. The molecule has 12 nitrogen and oxygen atoms in total. The summed E-state index contributed by atoms with van der Waals surface area (Å²) in [4.78, 5) is 30.9. The minimum Gasteiger partial charge on any atom is -0.368 e. The maximum atomic E-state index is 6.10. The lowest BCUT2D eigenvalue weighted by Gasteiger charge is -2.17. The zero-order valence-electron chi connectivity index (χ0n) is 28.2. The summed E-state index contributed by atoms with van der Waals surface area (Å²) in [5, 5.41) is 6.56. The van der Waals surface area contributed by atoms with Crippen LogP contribution in [0, 0.1) is 6.92 Å². The van der Waals surface area contributed by atoms with Crippen LogP contribution in [0.25, 0.3) is 11.1 Å². The van der Waals surface area contributed by atoms with E-state index in [0.717, 1.165) is 44.6 Å². The number of nitrogen functional groups attached to an aromatic ring is 2. The van der Waals surface area contributed by atoms with Crippen LogP contribution in [0.4, 0.5) is 35.2 Å². The Bertz CT molecular complexity index is 2070. The lowest BCUT2D eigenvalue weighted by molar-refractivity contribution is 0.310. The third-order valence-electron chi connectivity index (χ3n) is 7.64. The minimum atomic E-state index is 0.165. The molecule has 2 heterocycles. The van der Waals surface area contributed by atoms with Gasteiger partial charge in [0.2, 0.25) is 23.8 Å². The SMILES string of the molecule is Cc1cc(Nc2nc(N)nc(CN(C)Cc3ccccc3)n2)cc(-c2cccc(CN(C)Cc3nc(N)nc(Nc4cccc(Br)c4)n3)c2)c1. The van der Waals surface area contributed by atoms with Gasteiger partial charge in [-0.1, -0.05) is 76.6 Å². The Morgan fingerprint density at radius 3 is 1.82 bits per heavy atom. The topological polar surface area (TPSA) is 160 Å². The van der Waals surface area contributed by atoms with Crippen LogP contribution < -0.4 is 22.1 Å². The first kappa shape index (κ1) is 34.4. The summed E-state index contributed by atoms with van der Waals surface area (Å²) in [5.41, 5.74) is 19.4. The van der Waals surface area contributed by atoms with Gasteiger partial charge in [0, 0.05) is 28.9 Å². The number of nitrogens with two attached hydrogens (primary N) is 2. The Kier molecular flexibility index (Phi) is 10.9. The van der Waals surface area contributed by atoms with Gasteiger partial charge in [-0.05, 0) is 85.2 Å². The average molecular weight is 732 g/mol. The Morgan fingerprint density at radius 2 is 1.16 bits per heavy atom. The molecule has 6 rings (SSSR count). The Balaban J connectivity index is 1.12. The summed E-state index contributed by atoms with van der Waals surface area (Å²) in [7, 11) is 4.05. The van der Waals surface area contributed by atoms with E-state index in [-0.39, 0.29) is 11.9 Å². The van der Waals surface area contributed by atoms with Gasteiger partial charge in [0.05, 0.1) is 13.1 Å². The number of benzene rings is 4. The van der Waals surface area contributed by atoms with E-state index in [1.165, 1.54) is 5.56 Å². The van der Waals surface area contributed by atoms with E-state index in [1.54, 1.807) is 0 Å². The van der Waals surface area contributed by atoms with E-state index in [0.29, 0.717) is 43.2 Å². The van der Waals surface area contributed by atoms with Crippen LogP contribution >= 0.6 is 15.9 Å². The van der Waals surface area contributed by atoms with Crippen LogP contribution in [-0.2, 0) is 26.2 Å². The van der Waals surface area contributed by atoms with Crippen LogP contribution in [-0.4, -0.2) is 53.8 Å². The standard InChI is InChI=1S/C37H39BrN12/c1-24-15-28(18-31(16-24)42-37-46-32(43-35(40)48-37)22-49(2)20-25-9-5-4-6-10-25)27-12-7-11-26(17-27)21-50(3)23-33-44-34(39)47-36(45-33)41-30-14-8-13-29(38)19-30/h4-19H,20-23H2,1-3H3,(H3,39,41,44,45,47)(H3,40,42,43,46,48). The number of hydrogen-bond acceptors (Lipinski definition) is 12. The van der Waals surface area contributed by atoms with Gasteiger partial charge in [-0.25, -0.2) is 0 Å². The van der Waals surface area contributed by atoms with Crippen LogP contribution in [0.1, 0.15) is 28.3 Å². The van der Waals surface area contributed by atoms with E-state index in [2.05, 4.69) is 128 Å². The molecule has 0 aliphatic rings. The number of hydrogen-bond donors (Lipinski definition) is 4. The number of nitrogens with one attached hydrogen (secondary N) is 2. The fourth-order valence-corrected chi connectivity index (χ4v) is 6.03. The molecule has 2 aromatic heterocycles. The summed E-state index contributed by atoms with van der Waals surface area (Å²) in [5.74, 6) is 2.32. The van der Waals surface area contributed by atoms with Crippen molar-refractivity contribution in [2.75, 3.05) is 36.2 Å². The van der Waals surface area contributed by atoms with Crippen molar-refractivity contribution in [3.63, 3.8) is 0 Å². The predicted molar refractivity (Wildman–Crippen MR) is 203 cm³/mol. The molecule has 13 heteroatoms. The van der Waals surface area contributed by atoms with Gasteiger partial charge in [-0.3, -0.25) is 9.80 Å². The highest BCUT2D eigenvalue weighted by molar-refractivity contribution is 9.10. The van der Waals surface area contributed by atoms with E-state index < -0.39 is 0 Å². The van der Waals surface area contributed by atoms with Gasteiger partial charge in [-0.2, -0.15) is 29.9 Å². The van der Waals surface area contributed by atoms with Crippen molar-refractivity contribution in [1.29, 1.82) is 0 Å². The lowest BCUT2D eigenvalue weighted by Crippen LogP contribution is -2.20. The van der Waals surface area contributed by atoms with E-state index in [1.807, 2.05) is 56.6 Å². The highest BCUT2D eigenvalue weighted by atomic mass is 79.9. The van der Waals surface area contributed by atoms with Crippen LogP contribution in [0.15, 0.2) is 102 Å². The number of aromatic nitrogens is 6. The van der Waals surface area contributed by atoms with Gasteiger partial charge >= 0.3 is 0 Å². The molecule has 0 saturated heterocycles. The zero-order chi connectivity index (χ0) is 35.0. The number of halogens is 1. The largest absolute Gasteiger partial charge is 0.368 e. The first-order chi connectivity index (χ1) is 24.1. The second-order valence-electron chi connectivity index (χ2n) is 12.2. The Labute approximate surface area is 300 Å². The van der Waals surface area contributed by atoms with Gasteiger partial charge in [0.15, 0.2) is 0 Å². The highest BCUT2D eigenvalue weighted by Gasteiger charge is 2.12. The Morgan fingerprint density at radius 1 is 0.560 bits per heavy atom. The molecular formula is C37H39BrN12. The molecule has 6 N–H and O–H groups in total. The Hall–Kier alpha value is -5.50. The minimum absolute atomic E-state index is 0.165. The van der Waals surface area contributed by atoms with Crippen molar-refractivity contribution in [2.45, 2.75) is 33.1 Å². The van der Waals surface area contributed by atoms with Crippen molar-refractivity contribution < 1.29 is 0 Å². The van der Waals surface area contributed by atoms with Crippen LogP contribution in [0.2, 0.25) is 0 Å². The van der Waals surface area contributed by atoms with Crippen LogP contribution in [0.3, 0.4) is 0 Å². The van der Waals surface area contributed by atoms with Crippen molar-refractivity contribution in [1.82, 2.24) is 39.7 Å². The molecule has 0 bridgehead atoms. The molecule has 0 atom stereocenters. The quantitative estimate of drug-likeness (QED) is 0.0996. The lowest BCUT2D eigenvalue weighted by atomic mass is 10.0. The summed E-state index contributed by atoms with van der Waals surface area (Å²) >= 11 is 3.49. The second-order valence-corrected chi connectivity index (χ2v) is 13.2. The second kappa shape index (κ2) is 15.8. The van der Waals surface area contributed by atoms with E-state index in [4.69, 9.17) is 11.5 Å². The van der Waals surface area contributed by atoms with E-state index >= 15 is 0 Å². The molecule has 0 saturated carbocycles. The summed E-state index contributed by atoms with van der Waals surface area (Å²) in [6.07, 6.45) is 0. The smallest absolute Gasteiger partial charge is 0.232 e. The summed E-state index contributed by atoms with van der Waals surface area (Å²) in [6, 6.07) is 32.8. The maximum Gasteiger partial charge on any atom is 0.232 e. The van der Waals surface area contributed by atoms with Gasteiger partial charge in [0.25, 0.3) is 0 Å². The first-order valence-electron chi connectivity index (χ1n) is 16.1. The molecule has 0 unspecified atom stereocenters. The molecule has 0 amide bonds. The molecule has 6 aromatic rings. The maximum absolute atomic E-state index is 6.10. The highest BCUT2D eigenvalue weighted by Crippen LogP contribution is 2.28. The first-order valence-corrected chi connectivity index (χ1v) is 16.9. The van der Waals surface area contributed by atoms with Crippen molar-refractivity contribution in [2.24, 2.45) is 0 Å². The zero-order valence-corrected chi connectivity index (χ0v) is 29.8. The van der Waals surface area contributed by atoms with Crippen molar-refractivity contribution >= 4 is 51.1 Å². The van der Waals surface area contributed by atoms with Crippen molar-refractivity contribution in [3.05, 3.63) is 130 Å². The van der Waals surface area contributed by atoms with Gasteiger partial charge in [0.1, 0.15) is 11.6 Å². The molecule has 50 heavy (non-hydrogen) atoms. The van der Waals surface area contributed by atoms with E-state index in [9.17, 15) is 0 Å². The number of rotatable bonds is 13. The molecule has 0 radical (unpaired) electrons. The number of aryl methyl sites for hydroxylation is 1. The van der Waals surface area contributed by atoms with Crippen LogP contribution in [0.5, 0.6) is 0 Å². The van der Waals surface area contributed by atoms with Gasteiger partial charge in [-0.15, -0.1) is 0 Å². The summed E-state index contributed by atoms with van der Waals surface area (Å²) in [6.45, 7) is 4.53. The molecule has 0 aliphatic heterocycles. The third-order valence-corrected chi connectivity index (χ3v) is 8.14. The number of nitrogens with zero attached hydrogens (tertiary/aromatic N) is 8. The van der Waals surface area contributed by atoms with Gasteiger partial charge < -0.3 is 22.1 Å². The molecule has 4 aromatic carbocycles. The molecule has 0 spiro atoms. The normalized spacial score (nSPS) is 11.2. The fourth-order valence-electron chi connectivity index (χ4n) is 5.63. The summed E-state index contributed by atoms with van der Waals surface area (Å²) < 4.78 is 0.949. The predicted octanol–water partition coefficient (Wildman–Crippen LogP) is 6.71. The third kappa shape index (κ3) is 9.78. The molecule has 254 valence electrons. The fraction of sp³-hybridized carbons (Fsp3) is 0.189. The molecule has 0 fully saturated rings.